The van der Waals surface area contributed by atoms with Gasteiger partial charge in [-0.25, -0.2) is 4.79 Å². The summed E-state index contributed by atoms with van der Waals surface area (Å²) in [5.41, 5.74) is 1.22. The maximum Gasteiger partial charge on any atom is 0.339 e. The number of ether oxygens (including phenoxy) is 1. The van der Waals surface area contributed by atoms with Gasteiger partial charge < -0.3 is 10.1 Å². The van der Waals surface area contributed by atoms with Crippen molar-refractivity contribution in [3.63, 3.8) is 0 Å². The molecular formula is C18H19BrN2O3. The summed E-state index contributed by atoms with van der Waals surface area (Å²) in [6.07, 6.45) is 1.57. The van der Waals surface area contributed by atoms with Crippen LogP contribution in [-0.2, 0) is 4.74 Å². The molecule has 1 N–H and O–H groups in total. The molecule has 0 fully saturated rings. The number of rotatable bonds is 3. The van der Waals surface area contributed by atoms with Crippen molar-refractivity contribution >= 4 is 33.5 Å². The van der Waals surface area contributed by atoms with Gasteiger partial charge >= 0.3 is 5.97 Å². The number of benzene rings is 1. The van der Waals surface area contributed by atoms with E-state index in [0.717, 1.165) is 5.69 Å². The number of amides is 1. The molecule has 0 radical (unpaired) electrons. The highest BCUT2D eigenvalue weighted by Gasteiger charge is 2.23. The average molecular weight is 391 g/mol. The average Bonchev–Trinajstić information content (AvgIpc) is 2.47. The zero-order chi connectivity index (χ0) is 17.9. The van der Waals surface area contributed by atoms with E-state index in [2.05, 4.69) is 26.2 Å². The van der Waals surface area contributed by atoms with Gasteiger partial charge in [-0.2, -0.15) is 0 Å². The fourth-order valence-corrected chi connectivity index (χ4v) is 2.32. The molecule has 1 heterocycles. The van der Waals surface area contributed by atoms with Crippen molar-refractivity contribution in [3.05, 3.63) is 57.8 Å². The van der Waals surface area contributed by atoms with E-state index in [-0.39, 0.29) is 11.1 Å². The number of aryl methyl sites for hydroxylation is 1. The second kappa shape index (κ2) is 7.13. The van der Waals surface area contributed by atoms with Crippen molar-refractivity contribution in [1.82, 2.24) is 4.98 Å². The quantitative estimate of drug-likeness (QED) is 0.790. The Morgan fingerprint density at radius 2 is 1.83 bits per heavy atom. The normalized spacial score (nSPS) is 11.0. The summed E-state index contributed by atoms with van der Waals surface area (Å²) in [4.78, 5) is 29.1. The molecule has 126 valence electrons. The number of hydrogen-bond acceptors (Lipinski definition) is 4. The molecule has 0 spiro atoms. The summed E-state index contributed by atoms with van der Waals surface area (Å²) in [6.45, 7) is 7.20. The van der Waals surface area contributed by atoms with E-state index >= 15 is 0 Å². The molecule has 6 heteroatoms. The molecule has 0 saturated carbocycles. The van der Waals surface area contributed by atoms with Crippen LogP contribution in [0.4, 0.5) is 5.69 Å². The van der Waals surface area contributed by atoms with Gasteiger partial charge in [-0.1, -0.05) is 15.9 Å². The Morgan fingerprint density at radius 3 is 2.42 bits per heavy atom. The second-order valence-corrected chi connectivity index (χ2v) is 7.25. The minimum absolute atomic E-state index is 0.214. The lowest BCUT2D eigenvalue weighted by Gasteiger charge is -2.20. The molecule has 1 aromatic carbocycles. The van der Waals surface area contributed by atoms with Gasteiger partial charge in [0.15, 0.2) is 0 Å². The monoisotopic (exact) mass is 390 g/mol. The van der Waals surface area contributed by atoms with Gasteiger partial charge in [-0.05, 0) is 58.0 Å². The first-order chi connectivity index (χ1) is 11.2. The van der Waals surface area contributed by atoms with E-state index in [1.807, 2.05) is 6.92 Å². The topological polar surface area (TPSA) is 68.3 Å². The van der Waals surface area contributed by atoms with Crippen LogP contribution in [0.2, 0.25) is 0 Å². The molecule has 2 rings (SSSR count). The first-order valence-corrected chi connectivity index (χ1v) is 8.22. The van der Waals surface area contributed by atoms with Gasteiger partial charge in [0, 0.05) is 10.2 Å². The molecule has 24 heavy (non-hydrogen) atoms. The van der Waals surface area contributed by atoms with Crippen LogP contribution in [-0.4, -0.2) is 22.5 Å². The summed E-state index contributed by atoms with van der Waals surface area (Å²) in [5.74, 6) is -0.940. The van der Waals surface area contributed by atoms with Gasteiger partial charge in [0.1, 0.15) is 5.60 Å². The van der Waals surface area contributed by atoms with Crippen molar-refractivity contribution in [2.24, 2.45) is 0 Å². The molecule has 1 aromatic heterocycles. The smallest absolute Gasteiger partial charge is 0.339 e. The van der Waals surface area contributed by atoms with Crippen molar-refractivity contribution in [2.75, 3.05) is 5.32 Å². The number of aromatic nitrogens is 1. The zero-order valence-electron chi connectivity index (χ0n) is 14.0. The largest absolute Gasteiger partial charge is 0.456 e. The van der Waals surface area contributed by atoms with Crippen molar-refractivity contribution < 1.29 is 14.3 Å². The van der Waals surface area contributed by atoms with Crippen LogP contribution >= 0.6 is 15.9 Å². The minimum atomic E-state index is -0.640. The number of nitrogens with zero attached hydrogens (tertiary/aromatic N) is 1. The van der Waals surface area contributed by atoms with Gasteiger partial charge in [0.25, 0.3) is 5.91 Å². The van der Waals surface area contributed by atoms with E-state index in [1.165, 1.54) is 0 Å². The Balaban J connectivity index is 2.31. The third-order valence-electron chi connectivity index (χ3n) is 3.01. The van der Waals surface area contributed by atoms with Crippen LogP contribution in [0.15, 0.2) is 41.0 Å². The summed E-state index contributed by atoms with van der Waals surface area (Å²) >= 11 is 3.33. The second-order valence-electron chi connectivity index (χ2n) is 6.33. The molecule has 0 aliphatic heterocycles. The lowest BCUT2D eigenvalue weighted by Crippen LogP contribution is -2.26. The fraction of sp³-hybridized carbons (Fsp3) is 0.278. The highest BCUT2D eigenvalue weighted by Crippen LogP contribution is 2.21. The number of hydrogen-bond donors (Lipinski definition) is 1. The van der Waals surface area contributed by atoms with Crippen molar-refractivity contribution in [1.29, 1.82) is 0 Å². The van der Waals surface area contributed by atoms with Crippen molar-refractivity contribution in [2.45, 2.75) is 33.3 Å². The molecular weight excluding hydrogens is 372 g/mol. The molecule has 0 atom stereocenters. The summed E-state index contributed by atoms with van der Waals surface area (Å²) in [7, 11) is 0. The highest BCUT2D eigenvalue weighted by atomic mass is 79.9. The Labute approximate surface area is 149 Å². The standard InChI is InChI=1S/C18H19BrN2O3/c1-11-5-7-13(10-20-11)21-16(22)15-9-12(19)6-8-14(15)17(23)24-18(2,3)4/h5-10H,1-4H3,(H,21,22). The van der Waals surface area contributed by atoms with E-state index in [1.54, 1.807) is 57.3 Å². The molecule has 2 aromatic rings. The zero-order valence-corrected chi connectivity index (χ0v) is 15.6. The van der Waals surface area contributed by atoms with Crippen LogP contribution in [0.3, 0.4) is 0 Å². The Bertz CT molecular complexity index is 765. The van der Waals surface area contributed by atoms with Gasteiger partial charge in [0.05, 0.1) is 23.0 Å². The maximum atomic E-state index is 12.6. The van der Waals surface area contributed by atoms with Crippen LogP contribution in [0, 0.1) is 6.92 Å². The number of carbonyl (C=O) groups is 2. The summed E-state index contributed by atoms with van der Waals surface area (Å²) < 4.78 is 6.07. The van der Waals surface area contributed by atoms with E-state index in [4.69, 9.17) is 4.74 Å². The number of pyridine rings is 1. The number of halogens is 1. The lowest BCUT2D eigenvalue weighted by atomic mass is 10.1. The number of nitrogens with one attached hydrogen (secondary N) is 1. The van der Waals surface area contributed by atoms with E-state index in [0.29, 0.717) is 10.2 Å². The fourth-order valence-electron chi connectivity index (χ4n) is 1.96. The molecule has 0 aliphatic rings. The third-order valence-corrected chi connectivity index (χ3v) is 3.51. The molecule has 0 unspecified atom stereocenters. The third kappa shape index (κ3) is 4.89. The molecule has 5 nitrogen and oxygen atoms in total. The SMILES string of the molecule is Cc1ccc(NC(=O)c2cc(Br)ccc2C(=O)OC(C)(C)C)cn1. The maximum absolute atomic E-state index is 12.6. The molecule has 0 bridgehead atoms. The molecule has 0 saturated heterocycles. The Kier molecular flexibility index (Phi) is 5.39. The van der Waals surface area contributed by atoms with Crippen molar-refractivity contribution in [3.8, 4) is 0 Å². The summed E-state index contributed by atoms with van der Waals surface area (Å²) in [6, 6.07) is 8.41. The number of anilines is 1. The predicted molar refractivity (Wildman–Crippen MR) is 96.2 cm³/mol. The van der Waals surface area contributed by atoms with Gasteiger partial charge in [0.2, 0.25) is 0 Å². The van der Waals surface area contributed by atoms with Gasteiger partial charge in [-0.3, -0.25) is 9.78 Å². The lowest BCUT2D eigenvalue weighted by molar-refractivity contribution is 0.00678. The van der Waals surface area contributed by atoms with E-state index < -0.39 is 17.5 Å². The van der Waals surface area contributed by atoms with Crippen LogP contribution < -0.4 is 5.32 Å². The van der Waals surface area contributed by atoms with Crippen LogP contribution in [0.1, 0.15) is 47.2 Å². The first-order valence-electron chi connectivity index (χ1n) is 7.42. The minimum Gasteiger partial charge on any atom is -0.456 e. The Morgan fingerprint density at radius 1 is 1.12 bits per heavy atom. The number of esters is 1. The first kappa shape index (κ1) is 18.1. The van der Waals surface area contributed by atoms with E-state index in [9.17, 15) is 9.59 Å². The van der Waals surface area contributed by atoms with Crippen LogP contribution in [0.25, 0.3) is 0 Å². The van der Waals surface area contributed by atoms with Gasteiger partial charge in [-0.15, -0.1) is 0 Å². The predicted octanol–water partition coefficient (Wildman–Crippen LogP) is 4.36. The molecule has 1 amide bonds. The highest BCUT2D eigenvalue weighted by molar-refractivity contribution is 9.10. The van der Waals surface area contributed by atoms with Crippen LogP contribution in [0.5, 0.6) is 0 Å². The number of carbonyl (C=O) groups excluding carboxylic acids is 2. The Hall–Kier alpha value is -2.21. The molecule has 0 aliphatic carbocycles. The summed E-state index contributed by atoms with van der Waals surface area (Å²) in [5, 5.41) is 2.74.